The molecule has 29 heavy (non-hydrogen) atoms. The van der Waals surface area contributed by atoms with Gasteiger partial charge in [-0.15, -0.1) is 0 Å². The first-order valence-electron chi connectivity index (χ1n) is 10.0. The van der Waals surface area contributed by atoms with Crippen LogP contribution < -0.4 is 5.32 Å². The van der Waals surface area contributed by atoms with E-state index in [4.69, 9.17) is 4.52 Å². The first kappa shape index (κ1) is 21.1. The summed E-state index contributed by atoms with van der Waals surface area (Å²) in [6, 6.07) is 6.73. The zero-order chi connectivity index (χ0) is 21.0. The lowest BCUT2D eigenvalue weighted by atomic mass is 10.1. The monoisotopic (exact) mass is 399 g/mol. The van der Waals surface area contributed by atoms with Crippen LogP contribution >= 0.6 is 0 Å². The topological polar surface area (TPSA) is 91.6 Å². The molecule has 8 heteroatoms. The number of rotatable bonds is 7. The molecule has 1 aliphatic rings. The number of nitrogens with zero attached hydrogens (tertiary/aromatic N) is 4. The third kappa shape index (κ3) is 5.48. The normalized spacial score (nSPS) is 16.7. The van der Waals surface area contributed by atoms with Crippen molar-refractivity contribution < 1.29 is 14.1 Å². The quantitative estimate of drug-likeness (QED) is 0.715. The molecule has 1 aliphatic heterocycles. The molecule has 2 aromatic rings. The molecule has 1 amide bonds. The van der Waals surface area contributed by atoms with Gasteiger partial charge in [0, 0.05) is 43.3 Å². The number of amides is 1. The second-order valence-electron chi connectivity index (χ2n) is 7.81. The van der Waals surface area contributed by atoms with Crippen LogP contribution in [-0.4, -0.2) is 63.9 Å². The zero-order valence-electron chi connectivity index (χ0n) is 17.5. The minimum Gasteiger partial charge on any atom is -0.338 e. The molecule has 1 atom stereocenters. The number of ketones is 1. The summed E-state index contributed by atoms with van der Waals surface area (Å²) in [6.07, 6.45) is 0. The van der Waals surface area contributed by atoms with Gasteiger partial charge in [0.15, 0.2) is 11.6 Å². The first-order valence-corrected chi connectivity index (χ1v) is 10.0. The number of anilines is 1. The van der Waals surface area contributed by atoms with Crippen LogP contribution in [0.4, 0.5) is 5.69 Å². The molecule has 1 unspecified atom stereocenters. The van der Waals surface area contributed by atoms with Crippen molar-refractivity contribution in [3.8, 4) is 0 Å². The lowest BCUT2D eigenvalue weighted by Crippen LogP contribution is -2.52. The summed E-state index contributed by atoms with van der Waals surface area (Å²) >= 11 is 0. The van der Waals surface area contributed by atoms with Gasteiger partial charge in [-0.25, -0.2) is 0 Å². The molecule has 8 nitrogen and oxygen atoms in total. The summed E-state index contributed by atoms with van der Waals surface area (Å²) < 4.78 is 5.33. The second-order valence-corrected chi connectivity index (χ2v) is 7.81. The number of nitrogens with one attached hydrogen (secondary N) is 1. The molecule has 0 saturated carbocycles. The van der Waals surface area contributed by atoms with Crippen molar-refractivity contribution in [2.45, 2.75) is 46.2 Å². The summed E-state index contributed by atoms with van der Waals surface area (Å²) in [4.78, 5) is 32.8. The van der Waals surface area contributed by atoms with Crippen LogP contribution in [0.3, 0.4) is 0 Å². The molecule has 1 fully saturated rings. The third-order valence-corrected chi connectivity index (χ3v) is 5.25. The van der Waals surface area contributed by atoms with Crippen molar-refractivity contribution >= 4 is 17.4 Å². The van der Waals surface area contributed by atoms with Crippen molar-refractivity contribution in [1.29, 1.82) is 0 Å². The second kappa shape index (κ2) is 9.28. The highest BCUT2D eigenvalue weighted by Gasteiger charge is 2.26. The highest BCUT2D eigenvalue weighted by atomic mass is 16.5. The Morgan fingerprint density at radius 2 is 1.76 bits per heavy atom. The molecule has 1 aromatic carbocycles. The van der Waals surface area contributed by atoms with Gasteiger partial charge in [-0.05, 0) is 38.1 Å². The molecule has 0 spiro atoms. The first-order chi connectivity index (χ1) is 13.8. The van der Waals surface area contributed by atoms with Crippen molar-refractivity contribution in [3.05, 3.63) is 41.5 Å². The van der Waals surface area contributed by atoms with Crippen LogP contribution in [0.5, 0.6) is 0 Å². The van der Waals surface area contributed by atoms with Crippen molar-refractivity contribution in [1.82, 2.24) is 19.9 Å². The summed E-state index contributed by atoms with van der Waals surface area (Å²) in [6.45, 7) is 11.4. The predicted molar refractivity (Wildman–Crippen MR) is 110 cm³/mol. The van der Waals surface area contributed by atoms with Gasteiger partial charge >= 0.3 is 0 Å². The number of benzene rings is 1. The van der Waals surface area contributed by atoms with Crippen LogP contribution in [0, 0.1) is 0 Å². The number of hydrogen-bond acceptors (Lipinski definition) is 7. The molecule has 156 valence electrons. The van der Waals surface area contributed by atoms with E-state index in [0.717, 1.165) is 32.0 Å². The summed E-state index contributed by atoms with van der Waals surface area (Å²) in [5, 5.41) is 6.94. The van der Waals surface area contributed by atoms with Gasteiger partial charge < -0.3 is 9.84 Å². The van der Waals surface area contributed by atoms with Crippen molar-refractivity contribution in [2.75, 3.05) is 31.5 Å². The summed E-state index contributed by atoms with van der Waals surface area (Å²) in [7, 11) is 0. The molecule has 0 radical (unpaired) electrons. The van der Waals surface area contributed by atoms with Crippen LogP contribution in [0.1, 0.15) is 55.7 Å². The van der Waals surface area contributed by atoms with E-state index in [1.807, 2.05) is 20.8 Å². The van der Waals surface area contributed by atoms with Crippen LogP contribution in [-0.2, 0) is 11.3 Å². The molecule has 1 N–H and O–H groups in total. The van der Waals surface area contributed by atoms with Crippen LogP contribution in [0.15, 0.2) is 28.8 Å². The Kier molecular flexibility index (Phi) is 6.76. The maximum atomic E-state index is 12.6. The lowest BCUT2D eigenvalue weighted by Gasteiger charge is -2.36. The maximum absolute atomic E-state index is 12.6. The molecule has 1 saturated heterocycles. The molecule has 0 aliphatic carbocycles. The molecule has 3 rings (SSSR count). The van der Waals surface area contributed by atoms with Crippen molar-refractivity contribution in [2.24, 2.45) is 0 Å². The van der Waals surface area contributed by atoms with E-state index in [0.29, 0.717) is 23.7 Å². The third-order valence-electron chi connectivity index (χ3n) is 5.25. The Hall–Kier alpha value is -2.58. The van der Waals surface area contributed by atoms with Crippen molar-refractivity contribution in [3.63, 3.8) is 0 Å². The maximum Gasteiger partial charge on any atom is 0.241 e. The van der Waals surface area contributed by atoms with Gasteiger partial charge in [0.25, 0.3) is 0 Å². The van der Waals surface area contributed by atoms with Crippen LogP contribution in [0.25, 0.3) is 0 Å². The van der Waals surface area contributed by atoms with E-state index in [2.05, 4.69) is 25.3 Å². The number of piperazine rings is 1. The van der Waals surface area contributed by atoms with E-state index in [-0.39, 0.29) is 23.7 Å². The Labute approximate surface area is 171 Å². The Bertz CT molecular complexity index is 838. The fourth-order valence-corrected chi connectivity index (χ4v) is 3.27. The minimum atomic E-state index is -0.236. The van der Waals surface area contributed by atoms with E-state index in [1.165, 1.54) is 6.92 Å². The van der Waals surface area contributed by atoms with Gasteiger partial charge in [-0.2, -0.15) is 4.98 Å². The summed E-state index contributed by atoms with van der Waals surface area (Å²) in [5.74, 6) is 1.59. The molecular weight excluding hydrogens is 370 g/mol. The van der Waals surface area contributed by atoms with E-state index in [9.17, 15) is 9.59 Å². The fraction of sp³-hybridized carbons (Fsp3) is 0.524. The SMILES string of the molecule is CC(=O)c1ccc(NC(=O)C(C)N2CCN(Cc3nc(C(C)C)no3)CC2)cc1. The Balaban J connectivity index is 1.47. The number of Topliss-reactive ketones (excluding diaryl/α,β-unsaturated/α-hetero) is 1. The highest BCUT2D eigenvalue weighted by Crippen LogP contribution is 2.15. The average molecular weight is 399 g/mol. The van der Waals surface area contributed by atoms with Crippen LogP contribution in [0.2, 0.25) is 0 Å². The number of carbonyl (C=O) groups excluding carboxylic acids is 2. The summed E-state index contributed by atoms with van der Waals surface area (Å²) in [5.41, 5.74) is 1.33. The minimum absolute atomic E-state index is 0.00933. The lowest BCUT2D eigenvalue weighted by molar-refractivity contribution is -0.121. The highest BCUT2D eigenvalue weighted by molar-refractivity contribution is 5.96. The zero-order valence-corrected chi connectivity index (χ0v) is 17.5. The van der Waals surface area contributed by atoms with E-state index < -0.39 is 0 Å². The number of carbonyl (C=O) groups is 2. The van der Waals surface area contributed by atoms with E-state index >= 15 is 0 Å². The van der Waals surface area contributed by atoms with Gasteiger partial charge in [-0.3, -0.25) is 19.4 Å². The van der Waals surface area contributed by atoms with Gasteiger partial charge in [0.05, 0.1) is 12.6 Å². The predicted octanol–water partition coefficient (Wildman–Crippen LogP) is 2.54. The molecule has 0 bridgehead atoms. The van der Waals surface area contributed by atoms with Gasteiger partial charge in [-0.1, -0.05) is 19.0 Å². The molecule has 1 aromatic heterocycles. The standard InChI is InChI=1S/C21H29N5O3/c1-14(2)20-23-19(29-24-20)13-25-9-11-26(12-10-25)15(3)21(28)22-18-7-5-17(6-8-18)16(4)27/h5-8,14-15H,9-13H2,1-4H3,(H,22,28). The van der Waals surface area contributed by atoms with Gasteiger partial charge in [0.2, 0.25) is 11.8 Å². The van der Waals surface area contributed by atoms with E-state index in [1.54, 1.807) is 24.3 Å². The largest absolute Gasteiger partial charge is 0.338 e. The fourth-order valence-electron chi connectivity index (χ4n) is 3.27. The number of aromatic nitrogens is 2. The average Bonchev–Trinajstić information content (AvgIpc) is 3.17. The number of hydrogen-bond donors (Lipinski definition) is 1. The Morgan fingerprint density at radius 1 is 1.10 bits per heavy atom. The van der Waals surface area contributed by atoms with Gasteiger partial charge in [0.1, 0.15) is 0 Å². The molecule has 2 heterocycles. The smallest absolute Gasteiger partial charge is 0.241 e. The molecular formula is C21H29N5O3. The Morgan fingerprint density at radius 3 is 2.31 bits per heavy atom.